The lowest BCUT2D eigenvalue weighted by Crippen LogP contribution is -2.37. The van der Waals surface area contributed by atoms with Gasteiger partial charge in [-0.25, -0.2) is 22.5 Å². The number of rotatable bonds is 5. The summed E-state index contributed by atoms with van der Waals surface area (Å²) in [4.78, 5) is 6.07. The van der Waals surface area contributed by atoms with Crippen LogP contribution in [-0.4, -0.2) is 39.6 Å². The first-order chi connectivity index (χ1) is 11.0. The number of hydrogen-bond donors (Lipinski definition) is 1. The van der Waals surface area contributed by atoms with Crippen LogP contribution in [0.2, 0.25) is 0 Å². The number of benzene rings is 1. The highest BCUT2D eigenvalue weighted by atomic mass is 32.2. The summed E-state index contributed by atoms with van der Waals surface area (Å²) in [6, 6.07) is 3.18. The van der Waals surface area contributed by atoms with E-state index in [-0.39, 0.29) is 16.7 Å². The average molecular weight is 357 g/mol. The minimum Gasteiger partial charge on any atom is -0.495 e. The number of aromatic nitrogens is 1. The highest BCUT2D eigenvalue weighted by Crippen LogP contribution is 2.27. The number of nitrogens with zero attached hydrogens (tertiary/aromatic N) is 2. The summed E-state index contributed by atoms with van der Waals surface area (Å²) in [5.41, 5.74) is 0. The number of thiazole rings is 1. The molecule has 3 rings (SSSR count). The number of anilines is 1. The summed E-state index contributed by atoms with van der Waals surface area (Å²) in [7, 11) is -2.51. The molecule has 1 atom stereocenters. The number of nitrogens with one attached hydrogen (secondary N) is 1. The minimum absolute atomic E-state index is 0.119. The van der Waals surface area contributed by atoms with Gasteiger partial charge in [0.05, 0.1) is 7.11 Å². The van der Waals surface area contributed by atoms with E-state index < -0.39 is 15.8 Å². The molecule has 124 valence electrons. The molecule has 0 spiro atoms. The van der Waals surface area contributed by atoms with E-state index >= 15 is 0 Å². The molecule has 2 heterocycles. The molecule has 1 aromatic heterocycles. The third-order valence-corrected chi connectivity index (χ3v) is 5.99. The fourth-order valence-corrected chi connectivity index (χ4v) is 4.67. The second-order valence-electron chi connectivity index (χ2n) is 5.16. The van der Waals surface area contributed by atoms with E-state index in [1.165, 1.54) is 24.5 Å². The number of methoxy groups -OCH3 is 1. The smallest absolute Gasteiger partial charge is 0.244 e. The summed E-state index contributed by atoms with van der Waals surface area (Å²) in [5, 5.41) is 2.75. The standard InChI is InChI=1S/C14H16FN3O3S2/c1-21-12-3-2-10(15)8-13(12)23(19,20)17-11-4-6-18(9-11)14-16-5-7-22-14/h2-3,5,7-8,11,17H,4,6,9H2,1H3. The van der Waals surface area contributed by atoms with Gasteiger partial charge in [-0.05, 0) is 24.6 Å². The van der Waals surface area contributed by atoms with Crippen LogP contribution in [0.3, 0.4) is 0 Å². The Kier molecular flexibility index (Phi) is 4.51. The van der Waals surface area contributed by atoms with E-state index in [2.05, 4.69) is 9.71 Å². The molecule has 23 heavy (non-hydrogen) atoms. The molecule has 1 fully saturated rings. The molecule has 0 saturated carbocycles. The number of ether oxygens (including phenoxy) is 1. The van der Waals surface area contributed by atoms with Gasteiger partial charge < -0.3 is 9.64 Å². The fraction of sp³-hybridized carbons (Fsp3) is 0.357. The van der Waals surface area contributed by atoms with Gasteiger partial charge in [0, 0.05) is 30.7 Å². The van der Waals surface area contributed by atoms with Crippen LogP contribution in [0, 0.1) is 5.82 Å². The van der Waals surface area contributed by atoms with Gasteiger partial charge >= 0.3 is 0 Å². The van der Waals surface area contributed by atoms with Crippen LogP contribution in [0.4, 0.5) is 9.52 Å². The molecule has 1 unspecified atom stereocenters. The SMILES string of the molecule is COc1ccc(F)cc1S(=O)(=O)NC1CCN(c2nccs2)C1. The minimum atomic E-state index is -3.86. The first kappa shape index (κ1) is 16.2. The van der Waals surface area contributed by atoms with Gasteiger partial charge in [-0.15, -0.1) is 11.3 Å². The third-order valence-electron chi connectivity index (χ3n) is 3.62. The molecule has 0 amide bonds. The first-order valence-corrected chi connectivity index (χ1v) is 9.36. The quantitative estimate of drug-likeness (QED) is 0.884. The van der Waals surface area contributed by atoms with E-state index in [1.54, 1.807) is 6.20 Å². The van der Waals surface area contributed by atoms with Crippen LogP contribution in [0.1, 0.15) is 6.42 Å². The van der Waals surface area contributed by atoms with Crippen molar-refractivity contribution in [2.75, 3.05) is 25.1 Å². The van der Waals surface area contributed by atoms with Crippen LogP contribution >= 0.6 is 11.3 Å². The fourth-order valence-electron chi connectivity index (χ4n) is 2.55. The van der Waals surface area contributed by atoms with E-state index in [0.29, 0.717) is 13.0 Å². The maximum atomic E-state index is 13.4. The number of halogens is 1. The molecular weight excluding hydrogens is 341 g/mol. The second kappa shape index (κ2) is 6.42. The van der Waals surface area contributed by atoms with Crippen LogP contribution in [-0.2, 0) is 10.0 Å². The van der Waals surface area contributed by atoms with Crippen molar-refractivity contribution in [1.29, 1.82) is 0 Å². The molecule has 9 heteroatoms. The Morgan fingerprint density at radius 2 is 2.30 bits per heavy atom. The summed E-state index contributed by atoms with van der Waals surface area (Å²) < 4.78 is 46.1. The van der Waals surface area contributed by atoms with Crippen LogP contribution in [0.5, 0.6) is 5.75 Å². The number of sulfonamides is 1. The van der Waals surface area contributed by atoms with E-state index in [0.717, 1.165) is 23.8 Å². The van der Waals surface area contributed by atoms with Crippen LogP contribution in [0.15, 0.2) is 34.7 Å². The lowest BCUT2D eigenvalue weighted by molar-refractivity contribution is 0.400. The third kappa shape index (κ3) is 3.46. The Morgan fingerprint density at radius 3 is 3.00 bits per heavy atom. The monoisotopic (exact) mass is 357 g/mol. The summed E-state index contributed by atoms with van der Waals surface area (Å²) in [6.07, 6.45) is 2.38. The highest BCUT2D eigenvalue weighted by molar-refractivity contribution is 7.89. The van der Waals surface area contributed by atoms with Crippen molar-refractivity contribution in [2.24, 2.45) is 0 Å². The number of hydrogen-bond acceptors (Lipinski definition) is 6. The maximum Gasteiger partial charge on any atom is 0.244 e. The normalized spacial score (nSPS) is 18.3. The molecule has 2 aromatic rings. The van der Waals surface area contributed by atoms with Gasteiger partial charge in [0.2, 0.25) is 10.0 Å². The van der Waals surface area contributed by atoms with Crippen molar-refractivity contribution in [1.82, 2.24) is 9.71 Å². The van der Waals surface area contributed by atoms with Crippen molar-refractivity contribution in [3.8, 4) is 5.75 Å². The Bertz CT molecular complexity index is 781. The Hall–Kier alpha value is -1.71. The van der Waals surface area contributed by atoms with Gasteiger partial charge in [0.15, 0.2) is 5.13 Å². The zero-order valence-electron chi connectivity index (χ0n) is 12.4. The van der Waals surface area contributed by atoms with E-state index in [4.69, 9.17) is 4.74 Å². The van der Waals surface area contributed by atoms with Crippen molar-refractivity contribution >= 4 is 26.5 Å². The molecular formula is C14H16FN3O3S2. The molecule has 0 bridgehead atoms. The Morgan fingerprint density at radius 1 is 1.48 bits per heavy atom. The largest absolute Gasteiger partial charge is 0.495 e. The summed E-state index contributed by atoms with van der Waals surface area (Å²) in [6.45, 7) is 1.26. The van der Waals surface area contributed by atoms with Gasteiger partial charge in [-0.2, -0.15) is 0 Å². The first-order valence-electron chi connectivity index (χ1n) is 7.00. The van der Waals surface area contributed by atoms with Gasteiger partial charge in [-0.3, -0.25) is 0 Å². The van der Waals surface area contributed by atoms with Crippen molar-refractivity contribution < 1.29 is 17.5 Å². The highest BCUT2D eigenvalue weighted by Gasteiger charge is 2.30. The summed E-state index contributed by atoms with van der Waals surface area (Å²) >= 11 is 1.51. The molecule has 1 N–H and O–H groups in total. The van der Waals surface area contributed by atoms with Gasteiger partial charge in [0.25, 0.3) is 0 Å². The molecule has 6 nitrogen and oxygen atoms in total. The topological polar surface area (TPSA) is 71.5 Å². The van der Waals surface area contributed by atoms with E-state index in [9.17, 15) is 12.8 Å². The average Bonchev–Trinajstić information content (AvgIpc) is 3.17. The zero-order valence-corrected chi connectivity index (χ0v) is 14.0. The molecule has 1 aliphatic rings. The Labute approximate surface area is 138 Å². The van der Waals surface area contributed by atoms with Crippen LogP contribution in [0.25, 0.3) is 0 Å². The predicted molar refractivity (Wildman–Crippen MR) is 86.0 cm³/mol. The molecule has 1 aliphatic heterocycles. The maximum absolute atomic E-state index is 13.4. The van der Waals surface area contributed by atoms with Gasteiger partial charge in [-0.1, -0.05) is 0 Å². The lowest BCUT2D eigenvalue weighted by atomic mass is 10.3. The molecule has 0 aliphatic carbocycles. The van der Waals surface area contributed by atoms with Gasteiger partial charge in [0.1, 0.15) is 16.5 Å². The molecule has 1 saturated heterocycles. The van der Waals surface area contributed by atoms with Crippen molar-refractivity contribution in [2.45, 2.75) is 17.4 Å². The predicted octanol–water partition coefficient (Wildman–Crippen LogP) is 1.85. The molecule has 1 aromatic carbocycles. The zero-order chi connectivity index (χ0) is 16.4. The second-order valence-corrected chi connectivity index (χ2v) is 7.72. The summed E-state index contributed by atoms with van der Waals surface area (Å²) in [5.74, 6) is -0.504. The lowest BCUT2D eigenvalue weighted by Gasteiger charge is -2.17. The van der Waals surface area contributed by atoms with Crippen molar-refractivity contribution in [3.05, 3.63) is 35.6 Å². The Balaban J connectivity index is 1.76. The van der Waals surface area contributed by atoms with E-state index in [1.807, 2.05) is 10.3 Å². The molecule has 0 radical (unpaired) electrons. The van der Waals surface area contributed by atoms with Crippen molar-refractivity contribution in [3.63, 3.8) is 0 Å². The van der Waals surface area contributed by atoms with Crippen LogP contribution < -0.4 is 14.4 Å².